The Morgan fingerprint density at radius 2 is 1.72 bits per heavy atom. The number of aromatic nitrogens is 3. The summed E-state index contributed by atoms with van der Waals surface area (Å²) < 4.78 is 0. The Bertz CT molecular complexity index is 2210. The van der Waals surface area contributed by atoms with Gasteiger partial charge in [0.15, 0.2) is 0 Å². The zero-order valence-corrected chi connectivity index (χ0v) is 27.1. The van der Waals surface area contributed by atoms with Crippen molar-refractivity contribution >= 4 is 39.0 Å². The largest absolute Gasteiger partial charge is 0.264 e. The van der Waals surface area contributed by atoms with Crippen molar-refractivity contribution in [1.29, 1.82) is 0 Å². The molecule has 0 radical (unpaired) electrons. The highest BCUT2D eigenvalue weighted by molar-refractivity contribution is 6.08. The van der Waals surface area contributed by atoms with Crippen LogP contribution in [0.3, 0.4) is 0 Å². The van der Waals surface area contributed by atoms with E-state index in [4.69, 9.17) is 9.97 Å². The highest BCUT2D eigenvalue weighted by Gasteiger charge is 2.19. The lowest BCUT2D eigenvalue weighted by Crippen LogP contribution is -2.01. The average molecular weight is 608 g/mol. The number of para-hydroxylation sites is 2. The summed E-state index contributed by atoms with van der Waals surface area (Å²) in [7, 11) is 0. The van der Waals surface area contributed by atoms with Gasteiger partial charge in [-0.1, -0.05) is 115 Å². The Hall–Kier alpha value is -5.85. The zero-order chi connectivity index (χ0) is 32.4. The second kappa shape index (κ2) is 15.0. The van der Waals surface area contributed by atoms with Gasteiger partial charge in [-0.2, -0.15) is 0 Å². The minimum absolute atomic E-state index is 0.622. The normalized spacial score (nSPS) is 13.5. The fourth-order valence-electron chi connectivity index (χ4n) is 6.07. The van der Waals surface area contributed by atoms with Crippen molar-refractivity contribution in [3.63, 3.8) is 0 Å². The summed E-state index contributed by atoms with van der Waals surface area (Å²) in [5.74, 6) is 6.33. The molecule has 228 valence electrons. The monoisotopic (exact) mass is 607 g/mol. The van der Waals surface area contributed by atoms with Gasteiger partial charge < -0.3 is 0 Å². The molecule has 0 aliphatic heterocycles. The first-order valence-electron chi connectivity index (χ1n) is 16.0. The molecule has 0 fully saturated rings. The molecule has 47 heavy (non-hydrogen) atoms. The van der Waals surface area contributed by atoms with Gasteiger partial charge >= 0.3 is 0 Å². The van der Waals surface area contributed by atoms with Crippen LogP contribution < -0.4 is 0 Å². The quantitative estimate of drug-likeness (QED) is 0.130. The first-order valence-corrected chi connectivity index (χ1v) is 16.0. The van der Waals surface area contributed by atoms with Crippen LogP contribution in [0.5, 0.6) is 0 Å². The number of rotatable bonds is 8. The third-order valence-electron chi connectivity index (χ3n) is 8.21. The van der Waals surface area contributed by atoms with Crippen LogP contribution in [-0.4, -0.2) is 15.0 Å². The van der Waals surface area contributed by atoms with E-state index < -0.39 is 0 Å². The van der Waals surface area contributed by atoms with Crippen molar-refractivity contribution in [2.24, 2.45) is 0 Å². The lowest BCUT2D eigenvalue weighted by atomic mass is 9.83. The lowest BCUT2D eigenvalue weighted by Gasteiger charge is -2.20. The van der Waals surface area contributed by atoms with E-state index in [0.717, 1.165) is 56.7 Å². The fraction of sp³-hybridized carbons (Fsp3) is 0.114. The summed E-state index contributed by atoms with van der Waals surface area (Å²) in [6, 6.07) is 20.9. The van der Waals surface area contributed by atoms with Gasteiger partial charge in [0.25, 0.3) is 0 Å². The number of pyridine rings is 1. The van der Waals surface area contributed by atoms with Crippen LogP contribution >= 0.6 is 0 Å². The van der Waals surface area contributed by atoms with E-state index in [0.29, 0.717) is 6.42 Å². The van der Waals surface area contributed by atoms with Crippen LogP contribution in [0, 0.1) is 18.8 Å². The van der Waals surface area contributed by atoms with E-state index in [9.17, 15) is 0 Å². The third kappa shape index (κ3) is 6.88. The second-order valence-electron chi connectivity index (χ2n) is 11.3. The van der Waals surface area contributed by atoms with Crippen LogP contribution in [0.4, 0.5) is 0 Å². The molecule has 1 aliphatic carbocycles. The van der Waals surface area contributed by atoms with Gasteiger partial charge in [0.2, 0.25) is 0 Å². The average Bonchev–Trinajstić information content (AvgIpc) is 3.40. The summed E-state index contributed by atoms with van der Waals surface area (Å²) in [5, 5.41) is 2.35. The highest BCUT2D eigenvalue weighted by atomic mass is 14.8. The Morgan fingerprint density at radius 3 is 2.51 bits per heavy atom. The molecule has 5 aromatic rings. The molecule has 0 bridgehead atoms. The molecule has 2 aromatic heterocycles. The molecule has 0 N–H and O–H groups in total. The molecule has 6 rings (SSSR count). The number of allylic oxidation sites excluding steroid dienone is 13. The Kier molecular flexibility index (Phi) is 9.91. The van der Waals surface area contributed by atoms with Gasteiger partial charge in [0, 0.05) is 24.4 Å². The molecule has 3 nitrogen and oxygen atoms in total. The van der Waals surface area contributed by atoms with Crippen molar-refractivity contribution in [3.8, 4) is 23.0 Å². The van der Waals surface area contributed by atoms with Crippen molar-refractivity contribution in [2.45, 2.75) is 33.6 Å². The molecule has 0 unspecified atom stereocenters. The Balaban J connectivity index is 1.51. The van der Waals surface area contributed by atoms with Crippen molar-refractivity contribution in [1.82, 2.24) is 15.0 Å². The van der Waals surface area contributed by atoms with Gasteiger partial charge in [-0.3, -0.25) is 4.98 Å². The summed E-state index contributed by atoms with van der Waals surface area (Å²) in [6.07, 6.45) is 30.8. The lowest BCUT2D eigenvalue weighted by molar-refractivity contribution is 1.08. The molecule has 0 amide bonds. The number of benzene rings is 3. The zero-order valence-electron chi connectivity index (χ0n) is 27.1. The smallest absolute Gasteiger partial charge is 0.0925 e. The SMILES string of the molecule is CC#C/C=C(\C=C/Cc1nc2ccccc2nc1C1=CCC=CC=C1)c1c(/C=C\C=C/C)c(C)c(-c2cccnc2)c2ccccc12. The molecule has 0 atom stereocenters. The van der Waals surface area contributed by atoms with Crippen LogP contribution in [-0.2, 0) is 6.42 Å². The maximum Gasteiger partial charge on any atom is 0.0925 e. The van der Waals surface area contributed by atoms with E-state index >= 15 is 0 Å². The Morgan fingerprint density at radius 1 is 0.915 bits per heavy atom. The fourth-order valence-corrected chi connectivity index (χ4v) is 6.07. The molecule has 3 heteroatoms. The summed E-state index contributed by atoms with van der Waals surface area (Å²) >= 11 is 0. The number of hydrogen-bond donors (Lipinski definition) is 0. The first-order chi connectivity index (χ1) is 23.2. The number of fused-ring (bicyclic) bond motifs is 2. The van der Waals surface area contributed by atoms with E-state index in [2.05, 4.69) is 115 Å². The molecule has 3 aromatic carbocycles. The van der Waals surface area contributed by atoms with E-state index in [1.54, 1.807) is 0 Å². The molecule has 0 saturated heterocycles. The van der Waals surface area contributed by atoms with Gasteiger partial charge in [0.05, 0.1) is 22.4 Å². The molecule has 0 spiro atoms. The van der Waals surface area contributed by atoms with E-state index in [1.807, 2.05) is 68.7 Å². The second-order valence-corrected chi connectivity index (χ2v) is 11.3. The van der Waals surface area contributed by atoms with E-state index in [1.165, 1.54) is 21.9 Å². The minimum Gasteiger partial charge on any atom is -0.264 e. The number of hydrogen-bond acceptors (Lipinski definition) is 3. The predicted octanol–water partition coefficient (Wildman–Crippen LogP) is 10.8. The van der Waals surface area contributed by atoms with Gasteiger partial charge in [-0.05, 0) is 95.6 Å². The molecule has 2 heterocycles. The van der Waals surface area contributed by atoms with Crippen molar-refractivity contribution in [2.75, 3.05) is 0 Å². The van der Waals surface area contributed by atoms with Crippen LogP contribution in [0.2, 0.25) is 0 Å². The molecule has 1 aliphatic rings. The summed E-state index contributed by atoms with van der Waals surface area (Å²) in [6.45, 7) is 6.12. The summed E-state index contributed by atoms with van der Waals surface area (Å²) in [5.41, 5.74) is 11.6. The Labute approximate surface area is 277 Å². The van der Waals surface area contributed by atoms with Gasteiger partial charge in [-0.15, -0.1) is 5.92 Å². The molecule has 0 saturated carbocycles. The van der Waals surface area contributed by atoms with Gasteiger partial charge in [0.1, 0.15) is 0 Å². The number of nitrogens with zero attached hydrogens (tertiary/aromatic N) is 3. The van der Waals surface area contributed by atoms with Gasteiger partial charge in [-0.25, -0.2) is 9.97 Å². The molecular formula is C44H37N3. The van der Waals surface area contributed by atoms with E-state index in [-0.39, 0.29) is 0 Å². The van der Waals surface area contributed by atoms with Crippen LogP contribution in [0.1, 0.15) is 48.3 Å². The predicted molar refractivity (Wildman–Crippen MR) is 200 cm³/mol. The maximum atomic E-state index is 5.11. The van der Waals surface area contributed by atoms with Crippen molar-refractivity contribution in [3.05, 3.63) is 168 Å². The summed E-state index contributed by atoms with van der Waals surface area (Å²) in [4.78, 5) is 14.7. The van der Waals surface area contributed by atoms with Crippen LogP contribution in [0.25, 0.3) is 50.2 Å². The standard InChI is InChI=1S/C44H37N3/c1-4-6-10-24-36-32(3)42(35-23-18-30-45-31-35)37-25-13-14-26-38(37)43(36)33(19-7-5-2)22-17-29-41-44(34-20-11-8-9-12-21-34)47-40-28-16-15-27-39(40)46-41/h4,6,8-11,13-28,30-31H,12,29H2,1-3H3/b6-4-,22-17-,24-10-,33-19+. The van der Waals surface area contributed by atoms with Crippen LogP contribution in [0.15, 0.2) is 140 Å². The third-order valence-corrected chi connectivity index (χ3v) is 8.21. The topological polar surface area (TPSA) is 38.7 Å². The van der Waals surface area contributed by atoms with Crippen molar-refractivity contribution < 1.29 is 0 Å². The highest BCUT2D eigenvalue weighted by Crippen LogP contribution is 2.41. The first kappa shape index (κ1) is 31.1. The minimum atomic E-state index is 0.622. The molecular weight excluding hydrogens is 571 g/mol. The maximum absolute atomic E-state index is 5.11.